The number of hydrogen-bond donors (Lipinski definition) is 2. The van der Waals surface area contributed by atoms with Crippen LogP contribution in [0, 0.1) is 5.82 Å². The minimum Gasteiger partial charge on any atom is -0.494 e. The van der Waals surface area contributed by atoms with E-state index in [0.29, 0.717) is 22.4 Å². The summed E-state index contributed by atoms with van der Waals surface area (Å²) in [6, 6.07) is 2.77. The van der Waals surface area contributed by atoms with Crippen molar-refractivity contribution < 1.29 is 14.2 Å². The maximum absolute atomic E-state index is 14.4. The first-order valence-corrected chi connectivity index (χ1v) is 11.0. The number of rotatable bonds is 5. The third-order valence-corrected chi connectivity index (χ3v) is 6.44. The molecule has 0 bridgehead atoms. The van der Waals surface area contributed by atoms with Gasteiger partial charge in [0.15, 0.2) is 23.0 Å². The van der Waals surface area contributed by atoms with Gasteiger partial charge in [-0.25, -0.2) is 14.4 Å². The molecule has 1 aromatic carbocycles. The average molecular weight is 455 g/mol. The number of fused-ring (bicyclic) bond motifs is 3. The van der Waals surface area contributed by atoms with E-state index in [9.17, 15) is 9.50 Å². The number of hydrogen-bond acceptors (Lipinski definition) is 8. The van der Waals surface area contributed by atoms with Crippen molar-refractivity contribution in [2.75, 3.05) is 30.8 Å². The van der Waals surface area contributed by atoms with Gasteiger partial charge in [-0.15, -0.1) is 5.10 Å². The summed E-state index contributed by atoms with van der Waals surface area (Å²) < 4.78 is 22.7. The number of piperidine rings is 1. The molecule has 174 valence electrons. The number of halogens is 1. The first-order chi connectivity index (χ1) is 15.9. The SMILES string of the molecule is COc1cc2nc(N)n3nc(C4CCCN(c5cnn([C@@H](C)[C@H](C)O)c5)C4)nc3c2cc1F. The second-order valence-electron chi connectivity index (χ2n) is 8.62. The molecule has 1 aliphatic rings. The minimum absolute atomic E-state index is 0.0775. The average Bonchev–Trinajstić information content (AvgIpc) is 3.47. The van der Waals surface area contributed by atoms with Gasteiger partial charge in [0.25, 0.3) is 0 Å². The third-order valence-electron chi connectivity index (χ3n) is 6.44. The Hall–Kier alpha value is -3.47. The zero-order valence-corrected chi connectivity index (χ0v) is 18.8. The highest BCUT2D eigenvalue weighted by Crippen LogP contribution is 2.31. The van der Waals surface area contributed by atoms with Crippen molar-refractivity contribution in [2.45, 2.75) is 44.8 Å². The molecule has 3 aromatic heterocycles. The van der Waals surface area contributed by atoms with E-state index in [2.05, 4.69) is 20.1 Å². The summed E-state index contributed by atoms with van der Waals surface area (Å²) in [7, 11) is 1.41. The van der Waals surface area contributed by atoms with Gasteiger partial charge in [0.2, 0.25) is 5.95 Å². The largest absolute Gasteiger partial charge is 0.494 e. The van der Waals surface area contributed by atoms with E-state index >= 15 is 0 Å². The highest BCUT2D eigenvalue weighted by atomic mass is 19.1. The van der Waals surface area contributed by atoms with Crippen molar-refractivity contribution >= 4 is 28.2 Å². The molecule has 10 nitrogen and oxygen atoms in total. The van der Waals surface area contributed by atoms with Crippen molar-refractivity contribution in [1.29, 1.82) is 0 Å². The molecule has 4 aromatic rings. The Kier molecular flexibility index (Phi) is 5.28. The van der Waals surface area contributed by atoms with Crippen LogP contribution in [-0.4, -0.2) is 60.8 Å². The number of ether oxygens (including phenoxy) is 1. The predicted molar refractivity (Wildman–Crippen MR) is 122 cm³/mol. The molecule has 1 fully saturated rings. The van der Waals surface area contributed by atoms with Crippen LogP contribution in [0.15, 0.2) is 24.5 Å². The van der Waals surface area contributed by atoms with E-state index in [1.54, 1.807) is 11.6 Å². The topological polar surface area (TPSA) is 120 Å². The molecule has 11 heteroatoms. The summed E-state index contributed by atoms with van der Waals surface area (Å²) in [6.45, 7) is 5.31. The van der Waals surface area contributed by atoms with Gasteiger partial charge in [0.05, 0.1) is 36.7 Å². The number of methoxy groups -OCH3 is 1. The Labute approximate surface area is 189 Å². The van der Waals surface area contributed by atoms with Gasteiger partial charge in [-0.2, -0.15) is 9.61 Å². The molecule has 1 aliphatic heterocycles. The molecule has 0 saturated carbocycles. The van der Waals surface area contributed by atoms with Crippen LogP contribution in [-0.2, 0) is 0 Å². The Morgan fingerprint density at radius 3 is 2.85 bits per heavy atom. The standard InChI is InChI=1S/C22H27FN8O2/c1-12(13(2)32)30-11-15(9-25-30)29-6-4-5-14(10-29)20-27-21-16-7-17(23)19(33-3)8-18(16)26-22(24)31(21)28-20/h7-9,11-14,32H,4-6,10H2,1-3H3,(H2,24,26)/t12-,13-,14?/m0/s1. The van der Waals surface area contributed by atoms with Crippen LogP contribution in [0.25, 0.3) is 16.6 Å². The van der Waals surface area contributed by atoms with E-state index < -0.39 is 11.9 Å². The zero-order valence-electron chi connectivity index (χ0n) is 18.8. The van der Waals surface area contributed by atoms with Crippen LogP contribution >= 0.6 is 0 Å². The Morgan fingerprint density at radius 2 is 2.09 bits per heavy atom. The molecule has 3 atom stereocenters. The smallest absolute Gasteiger partial charge is 0.223 e. The first kappa shape index (κ1) is 21.4. The van der Waals surface area contributed by atoms with Gasteiger partial charge in [-0.1, -0.05) is 0 Å². The van der Waals surface area contributed by atoms with E-state index in [1.807, 2.05) is 19.3 Å². The third kappa shape index (κ3) is 3.71. The summed E-state index contributed by atoms with van der Waals surface area (Å²) >= 11 is 0. The lowest BCUT2D eigenvalue weighted by Gasteiger charge is -2.32. The first-order valence-electron chi connectivity index (χ1n) is 11.0. The molecule has 0 radical (unpaired) electrons. The fraction of sp³-hybridized carbons (Fsp3) is 0.455. The van der Waals surface area contributed by atoms with Crippen LogP contribution in [0.2, 0.25) is 0 Å². The fourth-order valence-corrected chi connectivity index (χ4v) is 4.33. The molecule has 1 unspecified atom stereocenters. The van der Waals surface area contributed by atoms with Gasteiger partial charge in [-0.05, 0) is 32.8 Å². The van der Waals surface area contributed by atoms with Gasteiger partial charge in [0, 0.05) is 36.7 Å². The molecule has 0 spiro atoms. The number of aliphatic hydroxyl groups is 1. The van der Waals surface area contributed by atoms with Crippen LogP contribution in [0.3, 0.4) is 0 Å². The molecule has 3 N–H and O–H groups in total. The molecule has 5 rings (SSSR count). The van der Waals surface area contributed by atoms with Gasteiger partial charge in [0.1, 0.15) is 0 Å². The van der Waals surface area contributed by atoms with Crippen LogP contribution in [0.1, 0.15) is 44.5 Å². The molecule has 0 aliphatic carbocycles. The fourth-order valence-electron chi connectivity index (χ4n) is 4.33. The second-order valence-corrected chi connectivity index (χ2v) is 8.62. The van der Waals surface area contributed by atoms with Crippen molar-refractivity contribution in [3.63, 3.8) is 0 Å². The van der Waals surface area contributed by atoms with E-state index in [0.717, 1.165) is 31.6 Å². The lowest BCUT2D eigenvalue weighted by atomic mass is 9.97. The molecular formula is C22H27FN8O2. The number of nitrogens with zero attached hydrogens (tertiary/aromatic N) is 7. The van der Waals surface area contributed by atoms with Crippen molar-refractivity contribution in [3.8, 4) is 5.75 Å². The monoisotopic (exact) mass is 454 g/mol. The summed E-state index contributed by atoms with van der Waals surface area (Å²) in [4.78, 5) is 11.4. The predicted octanol–water partition coefficient (Wildman–Crippen LogP) is 2.53. The van der Waals surface area contributed by atoms with E-state index in [-0.39, 0.29) is 23.7 Å². The lowest BCUT2D eigenvalue weighted by molar-refractivity contribution is 0.132. The van der Waals surface area contributed by atoms with Crippen molar-refractivity contribution in [3.05, 3.63) is 36.2 Å². The molecule has 4 heterocycles. The number of nitrogen functional groups attached to an aromatic ring is 1. The highest BCUT2D eigenvalue weighted by molar-refractivity contribution is 5.93. The molecule has 1 saturated heterocycles. The number of aliphatic hydroxyl groups excluding tert-OH is 1. The van der Waals surface area contributed by atoms with Gasteiger partial charge >= 0.3 is 0 Å². The molecular weight excluding hydrogens is 427 g/mol. The number of anilines is 2. The van der Waals surface area contributed by atoms with Crippen molar-refractivity contribution in [2.24, 2.45) is 0 Å². The summed E-state index contributed by atoms with van der Waals surface area (Å²) in [5.41, 5.74) is 8.12. The maximum Gasteiger partial charge on any atom is 0.223 e. The van der Waals surface area contributed by atoms with Gasteiger partial charge < -0.3 is 20.5 Å². The highest BCUT2D eigenvalue weighted by Gasteiger charge is 2.27. The van der Waals surface area contributed by atoms with Crippen LogP contribution in [0.5, 0.6) is 5.75 Å². The Balaban J connectivity index is 1.47. The van der Waals surface area contributed by atoms with Crippen LogP contribution in [0.4, 0.5) is 16.0 Å². The Morgan fingerprint density at radius 1 is 1.27 bits per heavy atom. The number of nitrogens with two attached hydrogens (primary N) is 1. The molecule has 33 heavy (non-hydrogen) atoms. The molecule has 0 amide bonds. The Bertz CT molecular complexity index is 1320. The quantitative estimate of drug-likeness (QED) is 0.472. The number of benzene rings is 1. The van der Waals surface area contributed by atoms with Crippen LogP contribution < -0.4 is 15.4 Å². The summed E-state index contributed by atoms with van der Waals surface area (Å²) in [6.07, 6.45) is 5.19. The minimum atomic E-state index is -0.493. The van der Waals surface area contributed by atoms with Crippen molar-refractivity contribution in [1.82, 2.24) is 29.4 Å². The van der Waals surface area contributed by atoms with E-state index in [1.165, 1.54) is 23.8 Å². The number of aromatic nitrogens is 6. The summed E-state index contributed by atoms with van der Waals surface area (Å²) in [5, 5.41) is 19.4. The van der Waals surface area contributed by atoms with E-state index in [4.69, 9.17) is 15.5 Å². The second kappa shape index (κ2) is 8.14. The summed E-state index contributed by atoms with van der Waals surface area (Å²) in [5.74, 6) is 0.531. The van der Waals surface area contributed by atoms with Gasteiger partial charge in [-0.3, -0.25) is 4.68 Å². The maximum atomic E-state index is 14.4. The normalized spacial score (nSPS) is 18.7. The zero-order chi connectivity index (χ0) is 23.3. The lowest BCUT2D eigenvalue weighted by Crippen LogP contribution is -2.34.